The van der Waals surface area contributed by atoms with Gasteiger partial charge in [0.15, 0.2) is 0 Å². The molecule has 0 aromatic heterocycles. The van der Waals surface area contributed by atoms with E-state index in [0.29, 0.717) is 5.75 Å². The molecule has 13 heavy (non-hydrogen) atoms. The molecule has 3 nitrogen and oxygen atoms in total. The number of anilines is 1. The fraction of sp³-hybridized carbons (Fsp3) is 0.400. The summed E-state index contributed by atoms with van der Waals surface area (Å²) in [6, 6.07) is 7.47. The summed E-state index contributed by atoms with van der Waals surface area (Å²) >= 11 is 0. The maximum atomic E-state index is 9.31. The molecule has 1 aromatic rings. The van der Waals surface area contributed by atoms with E-state index in [2.05, 4.69) is 10.2 Å². The van der Waals surface area contributed by atoms with Gasteiger partial charge < -0.3 is 15.3 Å². The molecule has 3 N–H and O–H groups in total. The molecule has 2 rings (SSSR count). The molecule has 0 spiro atoms. The molecule has 1 aliphatic rings. The third-order valence-electron chi connectivity index (χ3n) is 2.40. The Bertz CT molecular complexity index is 282. The minimum atomic E-state index is 0.354. The van der Waals surface area contributed by atoms with E-state index in [0.717, 1.165) is 31.9 Å². The van der Waals surface area contributed by atoms with Crippen LogP contribution in [0.15, 0.2) is 24.3 Å². The zero-order valence-electron chi connectivity index (χ0n) is 7.61. The van der Waals surface area contributed by atoms with Gasteiger partial charge in [0.25, 0.3) is 0 Å². The number of nitrogens with two attached hydrogens (primary N) is 1. The van der Waals surface area contributed by atoms with Gasteiger partial charge in [0.2, 0.25) is 0 Å². The third kappa shape index (κ3) is 1.92. The average molecular weight is 179 g/mol. The van der Waals surface area contributed by atoms with Crippen LogP contribution in [0.3, 0.4) is 0 Å². The lowest BCUT2D eigenvalue weighted by molar-refractivity contribution is -0.655. The summed E-state index contributed by atoms with van der Waals surface area (Å²) in [5.74, 6) is 0.354. The van der Waals surface area contributed by atoms with E-state index in [1.165, 1.54) is 0 Å². The lowest BCUT2D eigenvalue weighted by Crippen LogP contribution is -2.89. The van der Waals surface area contributed by atoms with Gasteiger partial charge in [-0.3, -0.25) is 0 Å². The normalized spacial score (nSPS) is 17.4. The highest BCUT2D eigenvalue weighted by molar-refractivity contribution is 5.50. The molecule has 0 saturated carbocycles. The van der Waals surface area contributed by atoms with Gasteiger partial charge in [-0.15, -0.1) is 0 Å². The van der Waals surface area contributed by atoms with Crippen LogP contribution in [-0.2, 0) is 0 Å². The van der Waals surface area contributed by atoms with Crippen LogP contribution in [0.5, 0.6) is 5.75 Å². The molecule has 70 valence electrons. The van der Waals surface area contributed by atoms with Crippen molar-refractivity contribution in [3.8, 4) is 5.75 Å². The zero-order chi connectivity index (χ0) is 9.10. The summed E-state index contributed by atoms with van der Waals surface area (Å²) in [7, 11) is 0. The molecule has 1 fully saturated rings. The Balaban J connectivity index is 2.14. The van der Waals surface area contributed by atoms with E-state index < -0.39 is 0 Å². The second-order valence-electron chi connectivity index (χ2n) is 3.37. The van der Waals surface area contributed by atoms with E-state index in [1.54, 1.807) is 6.07 Å². The maximum absolute atomic E-state index is 9.31. The average Bonchev–Trinajstić information content (AvgIpc) is 2.19. The highest BCUT2D eigenvalue weighted by atomic mass is 16.3. The van der Waals surface area contributed by atoms with Crippen molar-refractivity contribution in [2.24, 2.45) is 0 Å². The number of aromatic hydroxyl groups is 1. The van der Waals surface area contributed by atoms with E-state index >= 15 is 0 Å². The lowest BCUT2D eigenvalue weighted by Gasteiger charge is -2.27. The van der Waals surface area contributed by atoms with Crippen LogP contribution in [0.25, 0.3) is 0 Å². The van der Waals surface area contributed by atoms with Gasteiger partial charge in [0.05, 0.1) is 26.2 Å². The Morgan fingerprint density at radius 2 is 2.00 bits per heavy atom. The second-order valence-corrected chi connectivity index (χ2v) is 3.37. The topological polar surface area (TPSA) is 40.1 Å². The minimum Gasteiger partial charge on any atom is -0.508 e. The summed E-state index contributed by atoms with van der Waals surface area (Å²) in [5, 5.41) is 11.6. The Kier molecular flexibility index (Phi) is 2.36. The molecule has 0 atom stereocenters. The largest absolute Gasteiger partial charge is 0.508 e. The molecule has 0 aliphatic carbocycles. The first kappa shape index (κ1) is 8.38. The zero-order valence-corrected chi connectivity index (χ0v) is 7.61. The SMILES string of the molecule is Oc1cccc(N2CC[NH2+]CC2)c1. The van der Waals surface area contributed by atoms with Gasteiger partial charge in [-0.2, -0.15) is 0 Å². The van der Waals surface area contributed by atoms with Gasteiger partial charge in [-0.05, 0) is 12.1 Å². The quantitative estimate of drug-likeness (QED) is 0.625. The Labute approximate surface area is 78.0 Å². The highest BCUT2D eigenvalue weighted by Crippen LogP contribution is 2.19. The number of hydrogen-bond acceptors (Lipinski definition) is 2. The molecule has 0 amide bonds. The van der Waals surface area contributed by atoms with E-state index in [4.69, 9.17) is 0 Å². The Morgan fingerprint density at radius 3 is 2.69 bits per heavy atom. The predicted molar refractivity (Wildman–Crippen MR) is 52.0 cm³/mol. The third-order valence-corrected chi connectivity index (χ3v) is 2.40. The second kappa shape index (κ2) is 3.66. The van der Waals surface area contributed by atoms with E-state index in [9.17, 15) is 5.11 Å². The van der Waals surface area contributed by atoms with Crippen LogP contribution in [-0.4, -0.2) is 31.3 Å². The van der Waals surface area contributed by atoms with Crippen LogP contribution in [0.4, 0.5) is 5.69 Å². The molecular weight excluding hydrogens is 164 g/mol. The van der Waals surface area contributed by atoms with Crippen molar-refractivity contribution in [1.29, 1.82) is 0 Å². The first-order chi connectivity index (χ1) is 6.36. The molecule has 3 heteroatoms. The number of benzene rings is 1. The van der Waals surface area contributed by atoms with Gasteiger partial charge in [-0.25, -0.2) is 0 Å². The molecule has 1 aliphatic heterocycles. The first-order valence-electron chi connectivity index (χ1n) is 4.72. The fourth-order valence-corrected chi connectivity index (χ4v) is 1.70. The minimum absolute atomic E-state index is 0.354. The summed E-state index contributed by atoms with van der Waals surface area (Å²) < 4.78 is 0. The molecule has 0 radical (unpaired) electrons. The van der Waals surface area contributed by atoms with Crippen molar-refractivity contribution < 1.29 is 10.4 Å². The lowest BCUT2D eigenvalue weighted by atomic mass is 10.2. The molecule has 0 bridgehead atoms. The first-order valence-corrected chi connectivity index (χ1v) is 4.72. The fourth-order valence-electron chi connectivity index (χ4n) is 1.70. The van der Waals surface area contributed by atoms with Crippen LogP contribution >= 0.6 is 0 Å². The van der Waals surface area contributed by atoms with Gasteiger partial charge >= 0.3 is 0 Å². The molecule has 1 aromatic carbocycles. The van der Waals surface area contributed by atoms with Crippen LogP contribution < -0.4 is 10.2 Å². The smallest absolute Gasteiger partial charge is 0.117 e. The van der Waals surface area contributed by atoms with Crippen LogP contribution in [0.1, 0.15) is 0 Å². The van der Waals surface area contributed by atoms with Gasteiger partial charge in [-0.1, -0.05) is 6.07 Å². The Hall–Kier alpha value is -1.22. The summed E-state index contributed by atoms with van der Waals surface area (Å²) in [4.78, 5) is 2.31. The number of piperazine rings is 1. The maximum Gasteiger partial charge on any atom is 0.117 e. The number of phenols is 1. The molecule has 0 unspecified atom stereocenters. The van der Waals surface area contributed by atoms with Gasteiger partial charge in [0.1, 0.15) is 5.75 Å². The van der Waals surface area contributed by atoms with Crippen molar-refractivity contribution in [1.82, 2.24) is 0 Å². The van der Waals surface area contributed by atoms with Crippen molar-refractivity contribution in [3.05, 3.63) is 24.3 Å². The van der Waals surface area contributed by atoms with Crippen molar-refractivity contribution >= 4 is 5.69 Å². The molecular formula is C10H15N2O+. The van der Waals surface area contributed by atoms with E-state index in [1.807, 2.05) is 18.2 Å². The number of nitrogens with zero attached hydrogens (tertiary/aromatic N) is 1. The molecule has 1 heterocycles. The van der Waals surface area contributed by atoms with Crippen molar-refractivity contribution in [3.63, 3.8) is 0 Å². The molecule has 1 saturated heterocycles. The number of quaternary nitrogens is 1. The number of hydrogen-bond donors (Lipinski definition) is 2. The highest BCUT2D eigenvalue weighted by Gasteiger charge is 2.12. The van der Waals surface area contributed by atoms with Crippen LogP contribution in [0, 0.1) is 0 Å². The standard InChI is InChI=1S/C10H14N2O/c13-10-3-1-2-9(8-10)12-6-4-11-5-7-12/h1-3,8,11,13H,4-7H2/p+1. The van der Waals surface area contributed by atoms with Crippen LogP contribution in [0.2, 0.25) is 0 Å². The number of phenolic OH excluding ortho intramolecular Hbond substituents is 1. The monoisotopic (exact) mass is 179 g/mol. The summed E-state index contributed by atoms with van der Waals surface area (Å²) in [5.41, 5.74) is 1.13. The van der Waals surface area contributed by atoms with Crippen molar-refractivity contribution in [2.45, 2.75) is 0 Å². The Morgan fingerprint density at radius 1 is 1.23 bits per heavy atom. The van der Waals surface area contributed by atoms with Gasteiger partial charge in [0, 0.05) is 11.8 Å². The number of rotatable bonds is 1. The van der Waals surface area contributed by atoms with E-state index in [-0.39, 0.29) is 0 Å². The predicted octanol–water partition coefficient (Wildman–Crippen LogP) is -0.224. The summed E-state index contributed by atoms with van der Waals surface area (Å²) in [6.07, 6.45) is 0. The van der Waals surface area contributed by atoms with Crippen molar-refractivity contribution in [2.75, 3.05) is 31.1 Å². The summed E-state index contributed by atoms with van der Waals surface area (Å²) in [6.45, 7) is 4.44.